The summed E-state index contributed by atoms with van der Waals surface area (Å²) in [6.07, 6.45) is 0. The van der Waals surface area contributed by atoms with Gasteiger partial charge >= 0.3 is 5.97 Å². The van der Waals surface area contributed by atoms with Crippen molar-refractivity contribution in [2.45, 2.75) is 13.8 Å². The van der Waals surface area contributed by atoms with Crippen molar-refractivity contribution in [3.05, 3.63) is 0 Å². The molecule has 18 heavy (non-hydrogen) atoms. The molecule has 0 aliphatic carbocycles. The van der Waals surface area contributed by atoms with Gasteiger partial charge in [-0.05, 0) is 13.8 Å². The zero-order valence-corrected chi connectivity index (χ0v) is 10.7. The minimum atomic E-state index is -1.52. The van der Waals surface area contributed by atoms with Gasteiger partial charge in [-0.3, -0.25) is 14.4 Å². The molecule has 0 bridgehead atoms. The van der Waals surface area contributed by atoms with Gasteiger partial charge in [-0.15, -0.1) is 0 Å². The van der Waals surface area contributed by atoms with Crippen LogP contribution in [0.4, 0.5) is 0 Å². The number of carboxylic acids is 1. The van der Waals surface area contributed by atoms with Crippen molar-refractivity contribution < 1.29 is 19.5 Å². The molecule has 2 amide bonds. The number of nitrogens with zero attached hydrogens (tertiary/aromatic N) is 1. The molecule has 7 heteroatoms. The SMILES string of the molecule is CC(C)(C(=O)O)C(=O)NCC(=O)N1CCNCC1. The smallest absolute Gasteiger partial charge is 0.318 e. The van der Waals surface area contributed by atoms with Crippen LogP contribution in [0, 0.1) is 5.41 Å². The van der Waals surface area contributed by atoms with Gasteiger partial charge in [0.05, 0.1) is 6.54 Å². The number of nitrogens with one attached hydrogen (secondary N) is 2. The van der Waals surface area contributed by atoms with Crippen molar-refractivity contribution in [1.82, 2.24) is 15.5 Å². The molecule has 0 aromatic rings. The lowest BCUT2D eigenvalue weighted by Crippen LogP contribution is -2.51. The van der Waals surface area contributed by atoms with E-state index < -0.39 is 17.3 Å². The lowest BCUT2D eigenvalue weighted by molar-refractivity contribution is -0.154. The monoisotopic (exact) mass is 257 g/mol. The van der Waals surface area contributed by atoms with Gasteiger partial charge in [-0.25, -0.2) is 0 Å². The Hall–Kier alpha value is -1.63. The van der Waals surface area contributed by atoms with E-state index in [9.17, 15) is 14.4 Å². The number of amides is 2. The van der Waals surface area contributed by atoms with Gasteiger partial charge in [0.15, 0.2) is 0 Å². The molecule has 0 aromatic heterocycles. The molecule has 102 valence electrons. The molecule has 1 aliphatic heterocycles. The number of aliphatic carboxylic acids is 1. The molecular weight excluding hydrogens is 238 g/mol. The van der Waals surface area contributed by atoms with Gasteiger partial charge in [0, 0.05) is 26.2 Å². The molecule has 1 heterocycles. The molecule has 1 rings (SSSR count). The molecular formula is C11H19N3O4. The Morgan fingerprint density at radius 2 is 1.83 bits per heavy atom. The van der Waals surface area contributed by atoms with Gasteiger partial charge in [0.2, 0.25) is 11.8 Å². The van der Waals surface area contributed by atoms with Gasteiger partial charge in [0.25, 0.3) is 0 Å². The highest BCUT2D eigenvalue weighted by Crippen LogP contribution is 2.14. The molecule has 0 aromatic carbocycles. The molecule has 1 aliphatic rings. The number of hydrogen-bond acceptors (Lipinski definition) is 4. The highest BCUT2D eigenvalue weighted by molar-refractivity contribution is 6.02. The van der Waals surface area contributed by atoms with E-state index in [-0.39, 0.29) is 12.5 Å². The van der Waals surface area contributed by atoms with E-state index >= 15 is 0 Å². The topological polar surface area (TPSA) is 98.7 Å². The van der Waals surface area contributed by atoms with Gasteiger partial charge in [-0.1, -0.05) is 0 Å². The minimum absolute atomic E-state index is 0.157. The Morgan fingerprint density at radius 3 is 2.33 bits per heavy atom. The summed E-state index contributed by atoms with van der Waals surface area (Å²) >= 11 is 0. The standard InChI is InChI=1S/C11H19N3O4/c1-11(2,10(17)18)9(16)13-7-8(15)14-5-3-12-4-6-14/h12H,3-7H2,1-2H3,(H,13,16)(H,17,18). The largest absolute Gasteiger partial charge is 0.480 e. The van der Waals surface area contributed by atoms with Crippen molar-refractivity contribution in [2.24, 2.45) is 5.41 Å². The predicted octanol–water partition coefficient (Wildman–Crippen LogP) is -1.35. The van der Waals surface area contributed by atoms with Crippen LogP contribution in [0.1, 0.15) is 13.8 Å². The second-order valence-electron chi connectivity index (χ2n) is 4.74. The molecule has 0 radical (unpaired) electrons. The van der Waals surface area contributed by atoms with Crippen LogP contribution >= 0.6 is 0 Å². The second kappa shape index (κ2) is 5.81. The number of rotatable bonds is 4. The van der Waals surface area contributed by atoms with E-state index in [2.05, 4.69) is 10.6 Å². The maximum Gasteiger partial charge on any atom is 0.318 e. The summed E-state index contributed by atoms with van der Waals surface area (Å²) in [5.41, 5.74) is -1.52. The third kappa shape index (κ3) is 3.43. The Labute approximate surface area is 106 Å². The third-order valence-electron chi connectivity index (χ3n) is 2.97. The Bertz CT molecular complexity index is 348. The zero-order valence-electron chi connectivity index (χ0n) is 10.7. The maximum atomic E-state index is 11.7. The van der Waals surface area contributed by atoms with Crippen LogP contribution in [0.3, 0.4) is 0 Å². The quantitative estimate of drug-likeness (QED) is 0.541. The molecule has 1 fully saturated rings. The van der Waals surface area contributed by atoms with Crippen molar-refractivity contribution in [3.63, 3.8) is 0 Å². The molecule has 3 N–H and O–H groups in total. The molecule has 0 saturated carbocycles. The summed E-state index contributed by atoms with van der Waals surface area (Å²) in [6, 6.07) is 0. The highest BCUT2D eigenvalue weighted by Gasteiger charge is 2.36. The fourth-order valence-corrected chi connectivity index (χ4v) is 1.50. The Balaban J connectivity index is 2.42. The van der Waals surface area contributed by atoms with Crippen LogP contribution in [0.25, 0.3) is 0 Å². The fraction of sp³-hybridized carbons (Fsp3) is 0.727. The van der Waals surface area contributed by atoms with E-state index in [0.29, 0.717) is 13.1 Å². The number of carbonyl (C=O) groups excluding carboxylic acids is 2. The first-order valence-electron chi connectivity index (χ1n) is 5.86. The van der Waals surface area contributed by atoms with Crippen LogP contribution in [0.5, 0.6) is 0 Å². The van der Waals surface area contributed by atoms with Crippen molar-refractivity contribution in [2.75, 3.05) is 32.7 Å². The normalized spacial score (nSPS) is 16.2. The van der Waals surface area contributed by atoms with Crippen LogP contribution in [0.15, 0.2) is 0 Å². The first-order chi connectivity index (χ1) is 8.35. The Kier molecular flexibility index (Phi) is 4.66. The van der Waals surface area contributed by atoms with Crippen LogP contribution in [0.2, 0.25) is 0 Å². The summed E-state index contributed by atoms with van der Waals surface area (Å²) in [5, 5.41) is 14.3. The summed E-state index contributed by atoms with van der Waals surface area (Å²) in [4.78, 5) is 35.8. The molecule has 0 spiro atoms. The van der Waals surface area contributed by atoms with E-state index in [1.165, 1.54) is 13.8 Å². The second-order valence-corrected chi connectivity index (χ2v) is 4.74. The molecule has 7 nitrogen and oxygen atoms in total. The number of piperazine rings is 1. The van der Waals surface area contributed by atoms with Crippen LogP contribution < -0.4 is 10.6 Å². The molecule has 0 unspecified atom stereocenters. The van der Waals surface area contributed by atoms with E-state index in [4.69, 9.17) is 5.11 Å². The minimum Gasteiger partial charge on any atom is -0.480 e. The van der Waals surface area contributed by atoms with Gasteiger partial charge < -0.3 is 20.6 Å². The van der Waals surface area contributed by atoms with Crippen molar-refractivity contribution >= 4 is 17.8 Å². The molecule has 1 saturated heterocycles. The van der Waals surface area contributed by atoms with Crippen molar-refractivity contribution in [3.8, 4) is 0 Å². The predicted molar refractivity (Wildman–Crippen MR) is 63.9 cm³/mol. The fourth-order valence-electron chi connectivity index (χ4n) is 1.50. The Morgan fingerprint density at radius 1 is 1.28 bits per heavy atom. The summed E-state index contributed by atoms with van der Waals surface area (Å²) in [6.45, 7) is 5.14. The first-order valence-corrected chi connectivity index (χ1v) is 5.86. The highest BCUT2D eigenvalue weighted by atomic mass is 16.4. The molecule has 0 atom stereocenters. The van der Waals surface area contributed by atoms with Crippen molar-refractivity contribution in [1.29, 1.82) is 0 Å². The van der Waals surface area contributed by atoms with Crippen LogP contribution in [-0.4, -0.2) is 60.5 Å². The summed E-state index contributed by atoms with van der Waals surface area (Å²) < 4.78 is 0. The summed E-state index contributed by atoms with van der Waals surface area (Å²) in [7, 11) is 0. The third-order valence-corrected chi connectivity index (χ3v) is 2.97. The number of hydrogen-bond donors (Lipinski definition) is 3. The van der Waals surface area contributed by atoms with E-state index in [1.54, 1.807) is 4.90 Å². The lowest BCUT2D eigenvalue weighted by Gasteiger charge is -2.28. The van der Waals surface area contributed by atoms with E-state index in [1.807, 2.05) is 0 Å². The first kappa shape index (κ1) is 14.4. The van der Waals surface area contributed by atoms with E-state index in [0.717, 1.165) is 13.1 Å². The van der Waals surface area contributed by atoms with Gasteiger partial charge in [0.1, 0.15) is 5.41 Å². The average Bonchev–Trinajstić information content (AvgIpc) is 2.36. The lowest BCUT2D eigenvalue weighted by atomic mass is 9.93. The number of carbonyl (C=O) groups is 3. The maximum absolute atomic E-state index is 11.7. The van der Waals surface area contributed by atoms with Gasteiger partial charge in [-0.2, -0.15) is 0 Å². The van der Waals surface area contributed by atoms with Crippen LogP contribution in [-0.2, 0) is 14.4 Å². The summed E-state index contributed by atoms with van der Waals surface area (Å²) in [5.74, 6) is -2.06. The zero-order chi connectivity index (χ0) is 13.8. The average molecular weight is 257 g/mol. The number of carboxylic acid groups (broad SMARTS) is 1.